The fraction of sp³-hybridized carbons (Fsp3) is 0.615. The quantitative estimate of drug-likeness (QED) is 0.848. The number of hydrogen-bond acceptors (Lipinski definition) is 5. The van der Waals surface area contributed by atoms with E-state index in [4.69, 9.17) is 22.1 Å². The number of rotatable bonds is 1. The lowest BCUT2D eigenvalue weighted by Gasteiger charge is -2.40. The Bertz CT molecular complexity index is 482. The van der Waals surface area contributed by atoms with Crippen LogP contribution in [0.25, 0.3) is 0 Å². The van der Waals surface area contributed by atoms with Crippen LogP contribution in [0.5, 0.6) is 5.75 Å². The van der Waals surface area contributed by atoms with E-state index in [2.05, 4.69) is 21.7 Å². The fourth-order valence-corrected chi connectivity index (χ4v) is 2.97. The minimum absolute atomic E-state index is 0.377. The first-order valence-electron chi connectivity index (χ1n) is 6.77. The van der Waals surface area contributed by atoms with Gasteiger partial charge in [-0.25, -0.2) is 4.98 Å². The van der Waals surface area contributed by atoms with Gasteiger partial charge in [-0.05, 0) is 6.54 Å². The van der Waals surface area contributed by atoms with Crippen molar-refractivity contribution in [3.63, 3.8) is 0 Å². The Labute approximate surface area is 118 Å². The molecule has 0 radical (unpaired) electrons. The standard InChI is InChI=1S/C13H19ClN4O/c1-2-17-4-5-18-9(8-17)3-6-19-11-7-10(14)12(15)16-13(11)18/h7,9H,2-6,8H2,1H3,(H2,15,16)/t9-/m0/s1. The van der Waals surface area contributed by atoms with Crippen LogP contribution < -0.4 is 15.4 Å². The summed E-state index contributed by atoms with van der Waals surface area (Å²) in [4.78, 5) is 9.22. The summed E-state index contributed by atoms with van der Waals surface area (Å²) >= 11 is 6.03. The number of piperazine rings is 1. The van der Waals surface area contributed by atoms with Crippen molar-refractivity contribution in [2.24, 2.45) is 0 Å². The average molecular weight is 283 g/mol. The number of anilines is 2. The number of halogens is 1. The van der Waals surface area contributed by atoms with Crippen LogP contribution >= 0.6 is 11.6 Å². The van der Waals surface area contributed by atoms with Gasteiger partial charge < -0.3 is 15.4 Å². The number of nitrogens with zero attached hydrogens (tertiary/aromatic N) is 3. The predicted molar refractivity (Wildman–Crippen MR) is 77.0 cm³/mol. The van der Waals surface area contributed by atoms with E-state index in [-0.39, 0.29) is 0 Å². The summed E-state index contributed by atoms with van der Waals surface area (Å²) in [5.41, 5.74) is 5.83. The van der Waals surface area contributed by atoms with E-state index < -0.39 is 0 Å². The smallest absolute Gasteiger partial charge is 0.173 e. The summed E-state index contributed by atoms with van der Waals surface area (Å²) in [6.45, 7) is 7.07. The summed E-state index contributed by atoms with van der Waals surface area (Å²) in [5.74, 6) is 1.98. The van der Waals surface area contributed by atoms with Gasteiger partial charge in [0.2, 0.25) is 0 Å². The third kappa shape index (κ3) is 2.32. The topological polar surface area (TPSA) is 54.6 Å². The lowest BCUT2D eigenvalue weighted by atomic mass is 10.1. The molecule has 104 valence electrons. The summed E-state index contributed by atoms with van der Waals surface area (Å²) in [7, 11) is 0. The van der Waals surface area contributed by atoms with Crippen LogP contribution in [-0.2, 0) is 0 Å². The van der Waals surface area contributed by atoms with Gasteiger partial charge in [0.15, 0.2) is 11.6 Å². The first-order valence-corrected chi connectivity index (χ1v) is 7.14. The van der Waals surface area contributed by atoms with E-state index in [0.717, 1.165) is 44.2 Å². The molecule has 0 spiro atoms. The van der Waals surface area contributed by atoms with Gasteiger partial charge in [-0.1, -0.05) is 18.5 Å². The summed E-state index contributed by atoms with van der Waals surface area (Å²) in [6.07, 6.45) is 1.00. The van der Waals surface area contributed by atoms with Crippen LogP contribution in [0.3, 0.4) is 0 Å². The first-order chi connectivity index (χ1) is 9.19. The Hall–Kier alpha value is -1.20. The van der Waals surface area contributed by atoms with Crippen molar-refractivity contribution >= 4 is 23.2 Å². The minimum atomic E-state index is 0.377. The summed E-state index contributed by atoms with van der Waals surface area (Å²) in [5, 5.41) is 0.462. The maximum Gasteiger partial charge on any atom is 0.173 e. The average Bonchev–Trinajstić information content (AvgIpc) is 2.58. The van der Waals surface area contributed by atoms with E-state index >= 15 is 0 Å². The van der Waals surface area contributed by atoms with Crippen molar-refractivity contribution < 1.29 is 4.74 Å². The number of likely N-dealkylation sites (N-methyl/N-ethyl adjacent to an activating group) is 1. The van der Waals surface area contributed by atoms with Crippen molar-refractivity contribution in [1.29, 1.82) is 0 Å². The highest BCUT2D eigenvalue weighted by molar-refractivity contribution is 6.33. The van der Waals surface area contributed by atoms with Gasteiger partial charge in [-0.15, -0.1) is 0 Å². The molecule has 1 atom stereocenters. The third-order valence-electron chi connectivity index (χ3n) is 3.94. The van der Waals surface area contributed by atoms with E-state index in [1.165, 1.54) is 0 Å². The first kappa shape index (κ1) is 12.8. The SMILES string of the molecule is CCN1CCN2c3nc(N)c(Cl)cc3OCC[C@H]2C1. The Morgan fingerprint density at radius 1 is 1.53 bits per heavy atom. The van der Waals surface area contributed by atoms with Crippen LogP contribution in [-0.4, -0.2) is 48.7 Å². The maximum absolute atomic E-state index is 6.03. The number of nitrogens with two attached hydrogens (primary N) is 1. The van der Waals surface area contributed by atoms with E-state index in [1.54, 1.807) is 6.07 Å². The number of pyridine rings is 1. The lowest BCUT2D eigenvalue weighted by Crippen LogP contribution is -2.53. The molecule has 1 aromatic rings. The van der Waals surface area contributed by atoms with Gasteiger partial charge in [0, 0.05) is 38.2 Å². The Morgan fingerprint density at radius 3 is 3.16 bits per heavy atom. The molecule has 6 heteroatoms. The van der Waals surface area contributed by atoms with Gasteiger partial charge in [0.25, 0.3) is 0 Å². The van der Waals surface area contributed by atoms with E-state index in [0.29, 0.717) is 23.5 Å². The van der Waals surface area contributed by atoms with Crippen LogP contribution in [0.4, 0.5) is 11.6 Å². The molecule has 1 fully saturated rings. The highest BCUT2D eigenvalue weighted by Crippen LogP contribution is 2.36. The number of ether oxygens (including phenoxy) is 1. The molecular formula is C13H19ClN4O. The fourth-order valence-electron chi connectivity index (χ4n) is 2.83. The van der Waals surface area contributed by atoms with Crippen LogP contribution in [0.2, 0.25) is 5.02 Å². The predicted octanol–water partition coefficient (Wildman–Crippen LogP) is 1.61. The molecule has 0 saturated carbocycles. The molecule has 2 aliphatic rings. The van der Waals surface area contributed by atoms with Gasteiger partial charge >= 0.3 is 0 Å². The second-order valence-corrected chi connectivity index (χ2v) is 5.46. The maximum atomic E-state index is 6.03. The number of nitrogen functional groups attached to an aromatic ring is 1. The van der Waals surface area contributed by atoms with E-state index in [9.17, 15) is 0 Å². The summed E-state index contributed by atoms with van der Waals surface area (Å²) in [6, 6.07) is 2.23. The van der Waals surface area contributed by atoms with Crippen molar-refractivity contribution in [1.82, 2.24) is 9.88 Å². The zero-order valence-corrected chi connectivity index (χ0v) is 11.9. The molecule has 0 bridgehead atoms. The van der Waals surface area contributed by atoms with Crippen molar-refractivity contribution in [2.75, 3.05) is 43.4 Å². The van der Waals surface area contributed by atoms with Crippen LogP contribution in [0, 0.1) is 0 Å². The molecule has 2 aliphatic heterocycles. The second-order valence-electron chi connectivity index (χ2n) is 5.05. The molecule has 19 heavy (non-hydrogen) atoms. The molecule has 0 aromatic carbocycles. The summed E-state index contributed by atoms with van der Waals surface area (Å²) < 4.78 is 5.78. The highest BCUT2D eigenvalue weighted by atomic mass is 35.5. The van der Waals surface area contributed by atoms with E-state index in [1.807, 2.05) is 0 Å². The molecule has 1 aromatic heterocycles. The molecule has 0 unspecified atom stereocenters. The van der Waals surface area contributed by atoms with Gasteiger partial charge in [-0.3, -0.25) is 4.90 Å². The minimum Gasteiger partial charge on any atom is -0.490 e. The number of fused-ring (bicyclic) bond motifs is 3. The molecule has 2 N–H and O–H groups in total. The number of hydrogen-bond donors (Lipinski definition) is 1. The molecule has 1 saturated heterocycles. The molecule has 0 amide bonds. The third-order valence-corrected chi connectivity index (χ3v) is 4.25. The largest absolute Gasteiger partial charge is 0.490 e. The Balaban J connectivity index is 1.95. The number of aromatic nitrogens is 1. The van der Waals surface area contributed by atoms with Crippen LogP contribution in [0.1, 0.15) is 13.3 Å². The lowest BCUT2D eigenvalue weighted by molar-refractivity contribution is 0.217. The molecular weight excluding hydrogens is 264 g/mol. The Morgan fingerprint density at radius 2 is 2.37 bits per heavy atom. The second kappa shape index (κ2) is 5.06. The van der Waals surface area contributed by atoms with Crippen molar-refractivity contribution in [3.05, 3.63) is 11.1 Å². The zero-order chi connectivity index (χ0) is 13.4. The van der Waals surface area contributed by atoms with Gasteiger partial charge in [0.1, 0.15) is 5.82 Å². The van der Waals surface area contributed by atoms with Crippen molar-refractivity contribution in [3.8, 4) is 5.75 Å². The highest BCUT2D eigenvalue weighted by Gasteiger charge is 2.31. The molecule has 3 rings (SSSR count). The zero-order valence-electron chi connectivity index (χ0n) is 11.1. The van der Waals surface area contributed by atoms with Crippen LogP contribution in [0.15, 0.2) is 6.07 Å². The normalized spacial score (nSPS) is 23.3. The van der Waals surface area contributed by atoms with Gasteiger partial charge in [0.05, 0.1) is 11.6 Å². The monoisotopic (exact) mass is 282 g/mol. The molecule has 5 nitrogen and oxygen atoms in total. The van der Waals surface area contributed by atoms with Crippen molar-refractivity contribution in [2.45, 2.75) is 19.4 Å². The molecule has 3 heterocycles. The Kier molecular flexibility index (Phi) is 3.41. The van der Waals surface area contributed by atoms with Gasteiger partial charge in [-0.2, -0.15) is 0 Å². The molecule has 0 aliphatic carbocycles.